The van der Waals surface area contributed by atoms with Crippen molar-refractivity contribution in [2.45, 2.75) is 13.0 Å². The minimum Gasteiger partial charge on any atom is -0.383 e. The molecule has 1 atom stereocenters. The molecule has 0 aliphatic heterocycles. The lowest BCUT2D eigenvalue weighted by molar-refractivity contribution is -0.118. The summed E-state index contributed by atoms with van der Waals surface area (Å²) >= 11 is 5.83. The van der Waals surface area contributed by atoms with Crippen molar-refractivity contribution >= 4 is 23.2 Å². The van der Waals surface area contributed by atoms with Gasteiger partial charge in [-0.25, -0.2) is 0 Å². The van der Waals surface area contributed by atoms with E-state index in [2.05, 4.69) is 5.32 Å². The summed E-state index contributed by atoms with van der Waals surface area (Å²) in [5.41, 5.74) is 12.4. The van der Waals surface area contributed by atoms with Crippen LogP contribution in [0.3, 0.4) is 0 Å². The molecule has 15 heavy (non-hydrogen) atoms. The summed E-state index contributed by atoms with van der Waals surface area (Å²) in [5.74, 6) is -0.526. The van der Waals surface area contributed by atoms with Gasteiger partial charge in [0, 0.05) is 17.3 Å². The Hall–Kier alpha value is -1.26. The van der Waals surface area contributed by atoms with Crippen LogP contribution >= 0.6 is 11.6 Å². The number of carbonyl (C=O) groups excluding carboxylic acids is 1. The van der Waals surface area contributed by atoms with Crippen LogP contribution < -0.4 is 16.8 Å². The van der Waals surface area contributed by atoms with Crippen molar-refractivity contribution in [3.8, 4) is 0 Å². The Morgan fingerprint density at radius 3 is 2.87 bits per heavy atom. The summed E-state index contributed by atoms with van der Waals surface area (Å²) in [7, 11) is 0. The monoisotopic (exact) mass is 227 g/mol. The molecule has 1 rings (SSSR count). The molecule has 82 valence electrons. The van der Waals surface area contributed by atoms with Gasteiger partial charge in [-0.3, -0.25) is 4.79 Å². The fourth-order valence-electron chi connectivity index (χ4n) is 1.11. The van der Waals surface area contributed by atoms with E-state index in [0.717, 1.165) is 11.3 Å². The predicted octanol–water partition coefficient (Wildman–Crippen LogP) is 0.873. The lowest BCUT2D eigenvalue weighted by atomic mass is 10.2. The number of amides is 1. The highest BCUT2D eigenvalue weighted by Gasteiger charge is 2.08. The van der Waals surface area contributed by atoms with E-state index in [9.17, 15) is 4.79 Å². The molecule has 5 heteroatoms. The maximum absolute atomic E-state index is 10.7. The number of nitrogens with two attached hydrogens (primary N) is 2. The molecule has 4 nitrogen and oxygen atoms in total. The summed E-state index contributed by atoms with van der Waals surface area (Å²) in [5, 5.41) is 3.66. The third kappa shape index (κ3) is 3.42. The molecule has 1 unspecified atom stereocenters. The van der Waals surface area contributed by atoms with Crippen molar-refractivity contribution < 1.29 is 4.79 Å². The van der Waals surface area contributed by atoms with Crippen molar-refractivity contribution in [1.29, 1.82) is 0 Å². The highest BCUT2D eigenvalue weighted by Crippen LogP contribution is 2.19. The fourth-order valence-corrected chi connectivity index (χ4v) is 1.28. The number of halogens is 1. The molecule has 0 radical (unpaired) electrons. The van der Waals surface area contributed by atoms with Gasteiger partial charge in [0.25, 0.3) is 0 Å². The topological polar surface area (TPSA) is 81.1 Å². The third-order valence-corrected chi connectivity index (χ3v) is 2.31. The first kappa shape index (κ1) is 11.8. The first-order valence-electron chi connectivity index (χ1n) is 4.55. The number of nitrogens with one attached hydrogen (secondary N) is 1. The summed E-state index contributed by atoms with van der Waals surface area (Å²) in [6, 6.07) is 4.78. The summed E-state index contributed by atoms with van der Waals surface area (Å²) in [4.78, 5) is 10.7. The molecule has 1 amide bonds. The van der Waals surface area contributed by atoms with Crippen molar-refractivity contribution in [2.75, 3.05) is 11.9 Å². The average molecular weight is 228 g/mol. The Labute approximate surface area is 93.6 Å². The van der Waals surface area contributed by atoms with Crippen LogP contribution in [0.15, 0.2) is 18.2 Å². The molecule has 0 heterocycles. The average Bonchev–Trinajstić information content (AvgIpc) is 2.18. The number of primary amides is 1. The second-order valence-electron chi connectivity index (χ2n) is 3.35. The smallest absolute Gasteiger partial charge is 0.236 e. The van der Waals surface area contributed by atoms with Gasteiger partial charge < -0.3 is 16.8 Å². The molecule has 0 fully saturated rings. The molecule has 0 aliphatic carbocycles. The highest BCUT2D eigenvalue weighted by atomic mass is 35.5. The molecule has 0 aromatic heterocycles. The number of aryl methyl sites for hydroxylation is 1. The zero-order valence-electron chi connectivity index (χ0n) is 8.46. The zero-order chi connectivity index (χ0) is 11.4. The van der Waals surface area contributed by atoms with Gasteiger partial charge in [0.05, 0.1) is 0 Å². The molecule has 1 aromatic rings. The zero-order valence-corrected chi connectivity index (χ0v) is 9.21. The fraction of sp³-hybridized carbons (Fsp3) is 0.300. The maximum atomic E-state index is 10.7. The number of carbonyl (C=O) groups is 1. The van der Waals surface area contributed by atoms with Gasteiger partial charge in [0.1, 0.15) is 6.04 Å². The van der Waals surface area contributed by atoms with E-state index in [-0.39, 0.29) is 0 Å². The molecule has 0 spiro atoms. The second kappa shape index (κ2) is 5.00. The van der Waals surface area contributed by atoms with Gasteiger partial charge in [0.15, 0.2) is 0 Å². The Kier molecular flexibility index (Phi) is 3.94. The van der Waals surface area contributed by atoms with Gasteiger partial charge in [0.2, 0.25) is 5.91 Å². The minimum absolute atomic E-state index is 0.302. The van der Waals surface area contributed by atoms with E-state index in [1.165, 1.54) is 0 Å². The number of benzene rings is 1. The van der Waals surface area contributed by atoms with Crippen molar-refractivity contribution in [3.05, 3.63) is 28.8 Å². The summed E-state index contributed by atoms with van der Waals surface area (Å²) in [6.07, 6.45) is 0. The van der Waals surface area contributed by atoms with Crippen LogP contribution in [0.4, 0.5) is 5.69 Å². The molecule has 5 N–H and O–H groups in total. The third-order valence-electron chi connectivity index (χ3n) is 2.08. The molecule has 0 bridgehead atoms. The molecular weight excluding hydrogens is 214 g/mol. The van der Waals surface area contributed by atoms with Crippen molar-refractivity contribution in [2.24, 2.45) is 11.5 Å². The lowest BCUT2D eigenvalue weighted by Gasteiger charge is -2.12. The van der Waals surface area contributed by atoms with Crippen LogP contribution in [0.5, 0.6) is 0 Å². The molecule has 0 aliphatic rings. The summed E-state index contributed by atoms with van der Waals surface area (Å²) < 4.78 is 0. The Bertz CT molecular complexity index is 368. The SMILES string of the molecule is Cc1ccc(Cl)cc1NCC(N)C(N)=O. The number of rotatable bonds is 4. The van der Waals surface area contributed by atoms with Crippen LogP contribution in [0.2, 0.25) is 5.02 Å². The second-order valence-corrected chi connectivity index (χ2v) is 3.79. The first-order chi connectivity index (χ1) is 7.00. The Morgan fingerprint density at radius 1 is 1.60 bits per heavy atom. The van der Waals surface area contributed by atoms with Crippen LogP contribution in [-0.4, -0.2) is 18.5 Å². The van der Waals surface area contributed by atoms with Crippen LogP contribution in [0.25, 0.3) is 0 Å². The van der Waals surface area contributed by atoms with E-state index in [4.69, 9.17) is 23.1 Å². The van der Waals surface area contributed by atoms with Gasteiger partial charge in [-0.05, 0) is 24.6 Å². The van der Waals surface area contributed by atoms with E-state index >= 15 is 0 Å². The number of hydrogen-bond donors (Lipinski definition) is 3. The van der Waals surface area contributed by atoms with Gasteiger partial charge >= 0.3 is 0 Å². The lowest BCUT2D eigenvalue weighted by Crippen LogP contribution is -2.41. The van der Waals surface area contributed by atoms with E-state index in [1.807, 2.05) is 13.0 Å². The summed E-state index contributed by atoms with van der Waals surface area (Å²) in [6.45, 7) is 2.24. The minimum atomic E-state index is -0.691. The molecule has 0 saturated heterocycles. The van der Waals surface area contributed by atoms with Gasteiger partial charge in [-0.2, -0.15) is 0 Å². The van der Waals surface area contributed by atoms with Gasteiger partial charge in [-0.15, -0.1) is 0 Å². The first-order valence-corrected chi connectivity index (χ1v) is 4.93. The van der Waals surface area contributed by atoms with Crippen LogP contribution in [-0.2, 0) is 4.79 Å². The van der Waals surface area contributed by atoms with E-state index in [1.54, 1.807) is 12.1 Å². The van der Waals surface area contributed by atoms with E-state index in [0.29, 0.717) is 11.6 Å². The molecular formula is C10H14ClN3O. The number of hydrogen-bond acceptors (Lipinski definition) is 3. The van der Waals surface area contributed by atoms with Crippen molar-refractivity contribution in [3.63, 3.8) is 0 Å². The highest BCUT2D eigenvalue weighted by molar-refractivity contribution is 6.30. The normalized spacial score (nSPS) is 12.2. The quantitative estimate of drug-likeness (QED) is 0.714. The Morgan fingerprint density at radius 2 is 2.27 bits per heavy atom. The van der Waals surface area contributed by atoms with Crippen LogP contribution in [0, 0.1) is 6.92 Å². The largest absolute Gasteiger partial charge is 0.383 e. The molecule has 0 saturated carbocycles. The standard InChI is InChI=1S/C10H14ClN3O/c1-6-2-3-7(11)4-9(6)14-5-8(12)10(13)15/h2-4,8,14H,5,12H2,1H3,(H2,13,15). The van der Waals surface area contributed by atoms with Gasteiger partial charge in [-0.1, -0.05) is 17.7 Å². The van der Waals surface area contributed by atoms with Crippen molar-refractivity contribution in [1.82, 2.24) is 0 Å². The Balaban J connectivity index is 2.65. The molecule has 1 aromatic carbocycles. The maximum Gasteiger partial charge on any atom is 0.236 e. The van der Waals surface area contributed by atoms with E-state index < -0.39 is 11.9 Å². The van der Waals surface area contributed by atoms with Crippen LogP contribution in [0.1, 0.15) is 5.56 Å². The predicted molar refractivity (Wildman–Crippen MR) is 61.8 cm³/mol. The number of anilines is 1.